The van der Waals surface area contributed by atoms with E-state index in [4.69, 9.17) is 9.82 Å². The van der Waals surface area contributed by atoms with Crippen LogP contribution in [0.5, 0.6) is 0 Å². The second-order valence-corrected chi connectivity index (χ2v) is 7.97. The number of hydroxylamine groups is 2. The number of hydrogen-bond donors (Lipinski definition) is 0. The molecule has 2 aromatic rings. The molecule has 2 atom stereocenters. The third kappa shape index (κ3) is 3.09. The summed E-state index contributed by atoms with van der Waals surface area (Å²) < 4.78 is 0. The van der Waals surface area contributed by atoms with E-state index in [9.17, 15) is 0 Å². The molecule has 4 heteroatoms. The minimum Gasteiger partial charge on any atom is -0.290 e. The van der Waals surface area contributed by atoms with E-state index in [-0.39, 0.29) is 17.7 Å². The second-order valence-electron chi connectivity index (χ2n) is 7.08. The summed E-state index contributed by atoms with van der Waals surface area (Å²) >= 11 is 1.73. The van der Waals surface area contributed by atoms with Crippen LogP contribution < -0.4 is 0 Å². The molecular weight excluding hydrogens is 292 g/mol. The standard InChI is InChI=1S/C18H24N2OS/c1-12-6-8-14(9-7-12)16-10-15(17-19-13(2)11-22-17)20(21-16)18(3,4)5/h6-9,11,15-16H,10H2,1-5H3/t15-,16+/m1/s1. The van der Waals surface area contributed by atoms with E-state index in [1.807, 2.05) is 0 Å². The summed E-state index contributed by atoms with van der Waals surface area (Å²) in [6.45, 7) is 10.7. The molecule has 1 fully saturated rings. The first-order chi connectivity index (χ1) is 10.3. The number of aromatic nitrogens is 1. The maximum atomic E-state index is 6.33. The molecule has 22 heavy (non-hydrogen) atoms. The van der Waals surface area contributed by atoms with Crippen LogP contribution in [0.25, 0.3) is 0 Å². The summed E-state index contributed by atoms with van der Waals surface area (Å²) in [5.74, 6) is 0. The van der Waals surface area contributed by atoms with Gasteiger partial charge in [0.1, 0.15) is 11.1 Å². The molecule has 1 aromatic heterocycles. The summed E-state index contributed by atoms with van der Waals surface area (Å²) in [6, 6.07) is 8.89. The zero-order valence-corrected chi connectivity index (χ0v) is 14.8. The number of rotatable bonds is 2. The van der Waals surface area contributed by atoms with E-state index < -0.39 is 0 Å². The Morgan fingerprint density at radius 2 is 1.86 bits per heavy atom. The predicted octanol–water partition coefficient (Wildman–Crippen LogP) is 4.98. The smallest absolute Gasteiger partial charge is 0.113 e. The van der Waals surface area contributed by atoms with E-state index in [1.54, 1.807) is 11.3 Å². The van der Waals surface area contributed by atoms with Gasteiger partial charge in [-0.1, -0.05) is 29.8 Å². The van der Waals surface area contributed by atoms with Crippen LogP contribution in [-0.2, 0) is 4.84 Å². The summed E-state index contributed by atoms with van der Waals surface area (Å²) in [4.78, 5) is 11.0. The largest absolute Gasteiger partial charge is 0.290 e. The van der Waals surface area contributed by atoms with Crippen molar-refractivity contribution in [2.24, 2.45) is 0 Å². The lowest BCUT2D eigenvalue weighted by molar-refractivity contribution is -0.215. The van der Waals surface area contributed by atoms with E-state index in [1.165, 1.54) is 11.1 Å². The molecule has 3 rings (SSSR count). The highest BCUT2D eigenvalue weighted by Gasteiger charge is 2.42. The molecule has 2 heterocycles. The van der Waals surface area contributed by atoms with Gasteiger partial charge in [0.15, 0.2) is 0 Å². The van der Waals surface area contributed by atoms with Crippen LogP contribution in [0, 0.1) is 13.8 Å². The van der Waals surface area contributed by atoms with Gasteiger partial charge in [-0.3, -0.25) is 4.84 Å². The van der Waals surface area contributed by atoms with Crippen LogP contribution in [0.15, 0.2) is 29.6 Å². The third-order valence-electron chi connectivity index (χ3n) is 3.99. The van der Waals surface area contributed by atoms with E-state index in [0.29, 0.717) is 0 Å². The first kappa shape index (κ1) is 15.7. The van der Waals surface area contributed by atoms with Crippen molar-refractivity contribution in [3.8, 4) is 0 Å². The van der Waals surface area contributed by atoms with E-state index in [2.05, 4.69) is 69.3 Å². The molecule has 3 nitrogen and oxygen atoms in total. The molecule has 1 aliphatic rings. The molecule has 0 unspecified atom stereocenters. The molecule has 0 aliphatic carbocycles. The fourth-order valence-electron chi connectivity index (χ4n) is 2.88. The van der Waals surface area contributed by atoms with Crippen molar-refractivity contribution in [1.29, 1.82) is 0 Å². The van der Waals surface area contributed by atoms with Crippen molar-refractivity contribution in [2.75, 3.05) is 0 Å². The number of hydrogen-bond acceptors (Lipinski definition) is 4. The topological polar surface area (TPSA) is 25.4 Å². The average Bonchev–Trinajstić information content (AvgIpc) is 3.05. The molecule has 0 radical (unpaired) electrons. The summed E-state index contributed by atoms with van der Waals surface area (Å²) in [6.07, 6.45) is 1.06. The predicted molar refractivity (Wildman–Crippen MR) is 90.8 cm³/mol. The Balaban J connectivity index is 1.90. The van der Waals surface area contributed by atoms with Gasteiger partial charge in [-0.25, -0.2) is 4.98 Å². The van der Waals surface area contributed by atoms with Crippen LogP contribution in [0.4, 0.5) is 0 Å². The van der Waals surface area contributed by atoms with Crippen molar-refractivity contribution in [1.82, 2.24) is 10.0 Å². The van der Waals surface area contributed by atoms with E-state index >= 15 is 0 Å². The van der Waals surface area contributed by atoms with Crippen molar-refractivity contribution in [3.63, 3.8) is 0 Å². The fraction of sp³-hybridized carbons (Fsp3) is 0.500. The highest BCUT2D eigenvalue weighted by atomic mass is 32.1. The third-order valence-corrected chi connectivity index (χ3v) is 5.06. The van der Waals surface area contributed by atoms with Crippen molar-refractivity contribution >= 4 is 11.3 Å². The minimum absolute atomic E-state index is 0.0519. The van der Waals surface area contributed by atoms with Gasteiger partial charge >= 0.3 is 0 Å². The number of nitrogens with zero attached hydrogens (tertiary/aromatic N) is 2. The molecule has 1 aliphatic heterocycles. The molecule has 118 valence electrons. The highest BCUT2D eigenvalue weighted by molar-refractivity contribution is 7.09. The SMILES string of the molecule is Cc1ccc([C@@H]2C[C@H](c3nc(C)cs3)N(C(C)(C)C)O2)cc1. The van der Waals surface area contributed by atoms with Crippen LogP contribution in [-0.4, -0.2) is 15.6 Å². The molecule has 1 aromatic carbocycles. The van der Waals surface area contributed by atoms with Gasteiger partial charge in [-0.15, -0.1) is 11.3 Å². The highest BCUT2D eigenvalue weighted by Crippen LogP contribution is 2.45. The lowest BCUT2D eigenvalue weighted by Gasteiger charge is -2.34. The maximum absolute atomic E-state index is 6.33. The first-order valence-corrected chi connectivity index (χ1v) is 8.67. The van der Waals surface area contributed by atoms with E-state index in [0.717, 1.165) is 17.1 Å². The van der Waals surface area contributed by atoms with Gasteiger partial charge in [0.2, 0.25) is 0 Å². The van der Waals surface area contributed by atoms with Gasteiger partial charge in [-0.2, -0.15) is 5.06 Å². The molecule has 0 amide bonds. The number of aryl methyl sites for hydroxylation is 2. The van der Waals surface area contributed by atoms with Crippen molar-refractivity contribution in [3.05, 3.63) is 51.5 Å². The monoisotopic (exact) mass is 316 g/mol. The number of thiazole rings is 1. The quantitative estimate of drug-likeness (QED) is 0.781. The van der Waals surface area contributed by atoms with Crippen LogP contribution in [0.1, 0.15) is 61.2 Å². The second kappa shape index (κ2) is 5.76. The lowest BCUT2D eigenvalue weighted by atomic mass is 10.0. The van der Waals surface area contributed by atoms with Crippen molar-refractivity contribution < 1.29 is 4.84 Å². The van der Waals surface area contributed by atoms with Crippen LogP contribution in [0.2, 0.25) is 0 Å². The first-order valence-electron chi connectivity index (χ1n) is 7.79. The lowest BCUT2D eigenvalue weighted by Crippen LogP contribution is -2.39. The molecular formula is C18H24N2OS. The maximum Gasteiger partial charge on any atom is 0.113 e. The van der Waals surface area contributed by atoms with Crippen LogP contribution >= 0.6 is 11.3 Å². The zero-order chi connectivity index (χ0) is 15.9. The Morgan fingerprint density at radius 3 is 2.41 bits per heavy atom. The average molecular weight is 316 g/mol. The zero-order valence-electron chi connectivity index (χ0n) is 14.0. The molecule has 0 saturated carbocycles. The normalized spacial score (nSPS) is 23.1. The molecule has 1 saturated heterocycles. The fourth-order valence-corrected chi connectivity index (χ4v) is 3.77. The summed E-state index contributed by atoms with van der Waals surface area (Å²) in [5.41, 5.74) is 3.56. The molecule has 0 bridgehead atoms. The van der Waals surface area contributed by atoms with Gasteiger partial charge in [0.05, 0.1) is 6.04 Å². The molecule has 0 N–H and O–H groups in total. The Bertz CT molecular complexity index is 642. The minimum atomic E-state index is -0.0519. The van der Waals surface area contributed by atoms with Gasteiger partial charge < -0.3 is 0 Å². The summed E-state index contributed by atoms with van der Waals surface area (Å²) in [7, 11) is 0. The Hall–Kier alpha value is -1.23. The Morgan fingerprint density at radius 1 is 1.18 bits per heavy atom. The Labute approximate surface area is 136 Å². The number of benzene rings is 1. The Kier molecular flexibility index (Phi) is 4.10. The van der Waals surface area contributed by atoms with Gasteiger partial charge in [0, 0.05) is 23.0 Å². The molecule has 0 spiro atoms. The van der Waals surface area contributed by atoms with Crippen molar-refractivity contribution in [2.45, 2.75) is 58.7 Å². The van der Waals surface area contributed by atoms with Crippen LogP contribution in [0.3, 0.4) is 0 Å². The summed E-state index contributed by atoms with van der Waals surface area (Å²) in [5, 5.41) is 5.41. The van der Waals surface area contributed by atoms with Gasteiger partial charge in [-0.05, 0) is 40.2 Å². The van der Waals surface area contributed by atoms with Gasteiger partial charge in [0.25, 0.3) is 0 Å².